The van der Waals surface area contributed by atoms with Crippen molar-refractivity contribution in [2.45, 2.75) is 11.3 Å². The predicted molar refractivity (Wildman–Crippen MR) is 73.9 cm³/mol. The molecule has 1 heterocycles. The second kappa shape index (κ2) is 6.34. The van der Waals surface area contributed by atoms with Crippen LogP contribution in [0.4, 0.5) is 0 Å². The van der Waals surface area contributed by atoms with Gasteiger partial charge in [0.15, 0.2) is 0 Å². The Hall–Kier alpha value is -1.44. The highest BCUT2D eigenvalue weighted by Crippen LogP contribution is 2.14. The van der Waals surface area contributed by atoms with Gasteiger partial charge in [-0.1, -0.05) is 0 Å². The van der Waals surface area contributed by atoms with Gasteiger partial charge in [0.25, 0.3) is 5.91 Å². The van der Waals surface area contributed by atoms with E-state index in [0.29, 0.717) is 25.3 Å². The smallest absolute Gasteiger partial charge is 0.251 e. The highest BCUT2D eigenvalue weighted by molar-refractivity contribution is 7.89. The lowest BCUT2D eigenvalue weighted by Crippen LogP contribution is -2.29. The van der Waals surface area contributed by atoms with Crippen LogP contribution in [0.2, 0.25) is 0 Å². The number of rotatable bonds is 5. The Morgan fingerprint density at radius 1 is 1.35 bits per heavy atom. The van der Waals surface area contributed by atoms with Gasteiger partial charge in [0.1, 0.15) is 0 Å². The molecule has 0 unspecified atom stereocenters. The molecule has 2 rings (SSSR count). The molecule has 2 N–H and O–H groups in total. The first-order chi connectivity index (χ1) is 9.53. The quantitative estimate of drug-likeness (QED) is 0.822. The molecule has 20 heavy (non-hydrogen) atoms. The van der Waals surface area contributed by atoms with Gasteiger partial charge in [0, 0.05) is 25.8 Å². The normalized spacial score (nSPS) is 18.9. The highest BCUT2D eigenvalue weighted by Gasteiger charge is 2.20. The van der Waals surface area contributed by atoms with Crippen LogP contribution in [0.15, 0.2) is 29.2 Å². The average Bonchev–Trinajstić information content (AvgIpc) is 2.98. The summed E-state index contributed by atoms with van der Waals surface area (Å²) in [5.74, 6) is -0.0140. The SMILES string of the molecule is CNC(=O)c1ccc(S(=O)(=O)NC[C@H]2CCOC2)cc1. The molecular formula is C13H18N2O4S. The summed E-state index contributed by atoms with van der Waals surface area (Å²) in [6, 6.07) is 5.84. The van der Waals surface area contributed by atoms with Gasteiger partial charge in [0.2, 0.25) is 10.0 Å². The number of hydrogen-bond donors (Lipinski definition) is 2. The molecule has 0 aliphatic carbocycles. The van der Waals surface area contributed by atoms with Gasteiger partial charge in [-0.2, -0.15) is 0 Å². The van der Waals surface area contributed by atoms with E-state index >= 15 is 0 Å². The maximum absolute atomic E-state index is 12.1. The van der Waals surface area contributed by atoms with E-state index in [1.165, 1.54) is 31.3 Å². The number of amides is 1. The van der Waals surface area contributed by atoms with Crippen molar-refractivity contribution in [1.82, 2.24) is 10.0 Å². The zero-order valence-corrected chi connectivity index (χ0v) is 12.1. The summed E-state index contributed by atoms with van der Waals surface area (Å²) in [7, 11) is -2.01. The summed E-state index contributed by atoms with van der Waals surface area (Å²) in [6.45, 7) is 1.66. The van der Waals surface area contributed by atoms with E-state index in [4.69, 9.17) is 4.74 Å². The molecule has 1 aromatic rings. The van der Waals surface area contributed by atoms with Crippen molar-refractivity contribution in [2.24, 2.45) is 5.92 Å². The molecule has 0 aromatic heterocycles. The van der Waals surface area contributed by atoms with Crippen molar-refractivity contribution in [2.75, 3.05) is 26.8 Å². The van der Waals surface area contributed by atoms with E-state index < -0.39 is 10.0 Å². The fourth-order valence-corrected chi connectivity index (χ4v) is 3.10. The molecule has 1 amide bonds. The predicted octanol–water partition coefficient (Wildman–Crippen LogP) is 0.361. The van der Waals surface area contributed by atoms with Crippen LogP contribution >= 0.6 is 0 Å². The first-order valence-corrected chi connectivity index (χ1v) is 7.91. The van der Waals surface area contributed by atoms with Crippen molar-refractivity contribution < 1.29 is 17.9 Å². The molecule has 7 heteroatoms. The second-order valence-corrected chi connectivity index (χ2v) is 6.45. The van der Waals surface area contributed by atoms with Crippen LogP contribution in [0.3, 0.4) is 0 Å². The lowest BCUT2D eigenvalue weighted by molar-refractivity contribution is 0.0963. The number of sulfonamides is 1. The third-order valence-electron chi connectivity index (χ3n) is 3.24. The molecular weight excluding hydrogens is 280 g/mol. The van der Waals surface area contributed by atoms with E-state index in [0.717, 1.165) is 6.42 Å². The zero-order chi connectivity index (χ0) is 14.6. The van der Waals surface area contributed by atoms with Crippen LogP contribution in [0, 0.1) is 5.92 Å². The Kier molecular flexibility index (Phi) is 4.74. The fourth-order valence-electron chi connectivity index (χ4n) is 1.99. The second-order valence-electron chi connectivity index (χ2n) is 4.69. The van der Waals surface area contributed by atoms with E-state index in [2.05, 4.69) is 10.0 Å². The first-order valence-electron chi connectivity index (χ1n) is 6.42. The lowest BCUT2D eigenvalue weighted by atomic mass is 10.1. The molecule has 1 saturated heterocycles. The van der Waals surface area contributed by atoms with Gasteiger partial charge in [0.05, 0.1) is 11.5 Å². The summed E-state index contributed by atoms with van der Waals surface area (Å²) in [5.41, 5.74) is 0.427. The molecule has 0 radical (unpaired) electrons. The Morgan fingerprint density at radius 3 is 2.60 bits per heavy atom. The van der Waals surface area contributed by atoms with E-state index in [1.807, 2.05) is 0 Å². The summed E-state index contributed by atoms with van der Waals surface area (Å²) in [6.07, 6.45) is 0.873. The van der Waals surface area contributed by atoms with E-state index in [9.17, 15) is 13.2 Å². The Labute approximate surface area is 118 Å². The largest absolute Gasteiger partial charge is 0.381 e. The summed E-state index contributed by atoms with van der Waals surface area (Å²) in [4.78, 5) is 11.5. The third-order valence-corrected chi connectivity index (χ3v) is 4.68. The topological polar surface area (TPSA) is 84.5 Å². The van der Waals surface area contributed by atoms with Gasteiger partial charge in [-0.15, -0.1) is 0 Å². The standard InChI is InChI=1S/C13H18N2O4S/c1-14-13(16)11-2-4-12(5-3-11)20(17,18)15-8-10-6-7-19-9-10/h2-5,10,15H,6-9H2,1H3,(H,14,16)/t10-/m1/s1. The van der Waals surface area contributed by atoms with Gasteiger partial charge >= 0.3 is 0 Å². The fraction of sp³-hybridized carbons (Fsp3) is 0.462. The van der Waals surface area contributed by atoms with Crippen LogP contribution in [0.25, 0.3) is 0 Å². The number of ether oxygens (including phenoxy) is 1. The molecule has 110 valence electrons. The average molecular weight is 298 g/mol. The van der Waals surface area contributed by atoms with Gasteiger partial charge in [-0.05, 0) is 36.6 Å². The van der Waals surface area contributed by atoms with Crippen LogP contribution in [0.1, 0.15) is 16.8 Å². The molecule has 1 aromatic carbocycles. The van der Waals surface area contributed by atoms with E-state index in [-0.39, 0.29) is 16.7 Å². The van der Waals surface area contributed by atoms with Crippen LogP contribution in [-0.2, 0) is 14.8 Å². The lowest BCUT2D eigenvalue weighted by Gasteiger charge is -2.10. The minimum atomic E-state index is -3.53. The van der Waals surface area contributed by atoms with Crippen molar-refractivity contribution in [3.63, 3.8) is 0 Å². The van der Waals surface area contributed by atoms with Gasteiger partial charge in [-0.25, -0.2) is 13.1 Å². The molecule has 1 fully saturated rings. The van der Waals surface area contributed by atoms with Crippen LogP contribution in [-0.4, -0.2) is 41.1 Å². The molecule has 1 atom stereocenters. The van der Waals surface area contributed by atoms with Crippen molar-refractivity contribution in [1.29, 1.82) is 0 Å². The molecule has 0 saturated carbocycles. The molecule has 1 aliphatic heterocycles. The summed E-state index contributed by atoms with van der Waals surface area (Å²) >= 11 is 0. The third kappa shape index (κ3) is 3.56. The minimum absolute atomic E-state index is 0.157. The summed E-state index contributed by atoms with van der Waals surface area (Å²) < 4.78 is 31.9. The first kappa shape index (κ1) is 15.0. The van der Waals surface area contributed by atoms with Gasteiger partial charge in [-0.3, -0.25) is 4.79 Å². The monoisotopic (exact) mass is 298 g/mol. The number of nitrogens with one attached hydrogen (secondary N) is 2. The number of carbonyl (C=O) groups excluding carboxylic acids is 1. The maximum atomic E-state index is 12.1. The summed E-state index contributed by atoms with van der Waals surface area (Å²) in [5, 5.41) is 2.48. The Balaban J connectivity index is 2.03. The van der Waals surface area contributed by atoms with Crippen molar-refractivity contribution in [3.8, 4) is 0 Å². The Morgan fingerprint density at radius 2 is 2.05 bits per heavy atom. The zero-order valence-electron chi connectivity index (χ0n) is 11.3. The van der Waals surface area contributed by atoms with Crippen molar-refractivity contribution >= 4 is 15.9 Å². The molecule has 6 nitrogen and oxygen atoms in total. The molecule has 0 bridgehead atoms. The Bertz CT molecular complexity index is 563. The molecule has 1 aliphatic rings. The van der Waals surface area contributed by atoms with Crippen molar-refractivity contribution in [3.05, 3.63) is 29.8 Å². The van der Waals surface area contributed by atoms with Crippen LogP contribution in [0.5, 0.6) is 0 Å². The maximum Gasteiger partial charge on any atom is 0.251 e. The van der Waals surface area contributed by atoms with E-state index in [1.54, 1.807) is 0 Å². The minimum Gasteiger partial charge on any atom is -0.381 e. The van der Waals surface area contributed by atoms with Crippen LogP contribution < -0.4 is 10.0 Å². The molecule has 0 spiro atoms. The highest BCUT2D eigenvalue weighted by atomic mass is 32.2. The number of hydrogen-bond acceptors (Lipinski definition) is 4. The number of carbonyl (C=O) groups is 1. The number of benzene rings is 1. The van der Waals surface area contributed by atoms with Gasteiger partial charge < -0.3 is 10.1 Å².